The van der Waals surface area contributed by atoms with Crippen molar-refractivity contribution in [3.05, 3.63) is 24.2 Å². The van der Waals surface area contributed by atoms with Gasteiger partial charge in [0.25, 0.3) is 0 Å². The van der Waals surface area contributed by atoms with Crippen molar-refractivity contribution in [3.63, 3.8) is 0 Å². The lowest BCUT2D eigenvalue weighted by molar-refractivity contribution is 0.0995. The van der Waals surface area contributed by atoms with Gasteiger partial charge in [0.15, 0.2) is 0 Å². The van der Waals surface area contributed by atoms with E-state index in [1.807, 2.05) is 19.1 Å². The first kappa shape index (κ1) is 15.2. The summed E-state index contributed by atoms with van der Waals surface area (Å²) in [6.07, 6.45) is 1.72. The molecule has 18 heavy (non-hydrogen) atoms. The van der Waals surface area contributed by atoms with Crippen LogP contribution in [0.2, 0.25) is 0 Å². The molecule has 0 fully saturated rings. The summed E-state index contributed by atoms with van der Waals surface area (Å²) in [4.78, 5) is 4.61. The Kier molecular flexibility index (Phi) is 5.85. The third-order valence-corrected chi connectivity index (χ3v) is 3.25. The molecule has 3 unspecified atom stereocenters. The van der Waals surface area contributed by atoms with Gasteiger partial charge in [-0.2, -0.15) is 0 Å². The predicted octanol–water partition coefficient (Wildman–Crippen LogP) is 1.94. The van der Waals surface area contributed by atoms with Crippen LogP contribution in [0.25, 0.3) is 0 Å². The Labute approximate surface area is 111 Å². The van der Waals surface area contributed by atoms with Crippen LogP contribution < -0.4 is 5.73 Å². The summed E-state index contributed by atoms with van der Waals surface area (Å²) >= 11 is 0. The molecular weight excluding hydrogens is 226 g/mol. The van der Waals surface area contributed by atoms with Crippen molar-refractivity contribution >= 4 is 0 Å². The molecule has 2 N–H and O–H groups in total. The Hall–Kier alpha value is -0.840. The maximum absolute atomic E-state index is 6.16. The molecule has 0 bridgehead atoms. The molecule has 1 heterocycles. The zero-order chi connectivity index (χ0) is 13.7. The highest BCUT2D eigenvalue weighted by Gasteiger charge is 2.28. The average molecular weight is 253 g/mol. The van der Waals surface area contributed by atoms with Gasteiger partial charge >= 0.3 is 0 Å². The van der Waals surface area contributed by atoms with E-state index in [0.717, 1.165) is 18.8 Å². The first-order chi connectivity index (χ1) is 8.47. The fourth-order valence-corrected chi connectivity index (χ4v) is 2.60. The standard InChI is InChI=1S/C14H27N3O/c1-6-17(11(2)10-16(4)5)14(12(3)15)13-8-7-9-18-13/h7-9,11-12,14H,6,10,15H2,1-5H3. The van der Waals surface area contributed by atoms with Gasteiger partial charge in [0.2, 0.25) is 0 Å². The molecule has 1 aromatic heterocycles. The summed E-state index contributed by atoms with van der Waals surface area (Å²) in [5, 5.41) is 0. The Balaban J connectivity index is 2.88. The summed E-state index contributed by atoms with van der Waals surface area (Å²) in [5.41, 5.74) is 6.16. The lowest BCUT2D eigenvalue weighted by Crippen LogP contribution is -2.47. The lowest BCUT2D eigenvalue weighted by atomic mass is 10.0. The Morgan fingerprint density at radius 2 is 2.00 bits per heavy atom. The van der Waals surface area contributed by atoms with E-state index in [0.29, 0.717) is 6.04 Å². The van der Waals surface area contributed by atoms with Crippen LogP contribution in [0.5, 0.6) is 0 Å². The van der Waals surface area contributed by atoms with Crippen LogP contribution >= 0.6 is 0 Å². The first-order valence-corrected chi connectivity index (χ1v) is 6.66. The number of likely N-dealkylation sites (N-methyl/N-ethyl adjacent to an activating group) is 2. The van der Waals surface area contributed by atoms with Gasteiger partial charge in [0, 0.05) is 18.6 Å². The number of rotatable bonds is 7. The minimum Gasteiger partial charge on any atom is -0.468 e. The molecule has 0 radical (unpaired) electrons. The van der Waals surface area contributed by atoms with Gasteiger partial charge in [-0.15, -0.1) is 0 Å². The number of nitrogens with zero attached hydrogens (tertiary/aromatic N) is 2. The van der Waals surface area contributed by atoms with Crippen LogP contribution in [0, 0.1) is 0 Å². The average Bonchev–Trinajstić information content (AvgIpc) is 2.76. The van der Waals surface area contributed by atoms with Crippen molar-refractivity contribution in [2.45, 2.75) is 38.9 Å². The molecule has 104 valence electrons. The molecule has 0 aromatic carbocycles. The predicted molar refractivity (Wildman–Crippen MR) is 75.5 cm³/mol. The quantitative estimate of drug-likeness (QED) is 0.806. The van der Waals surface area contributed by atoms with Gasteiger partial charge in [0.05, 0.1) is 12.3 Å². The Morgan fingerprint density at radius 1 is 1.33 bits per heavy atom. The maximum atomic E-state index is 6.16. The molecule has 4 heteroatoms. The molecule has 0 amide bonds. The van der Waals surface area contributed by atoms with Gasteiger partial charge in [-0.1, -0.05) is 6.92 Å². The number of nitrogens with two attached hydrogens (primary N) is 1. The van der Waals surface area contributed by atoms with Gasteiger partial charge < -0.3 is 15.1 Å². The largest absolute Gasteiger partial charge is 0.468 e. The second-order valence-corrected chi connectivity index (χ2v) is 5.26. The zero-order valence-corrected chi connectivity index (χ0v) is 12.3. The second-order valence-electron chi connectivity index (χ2n) is 5.26. The highest BCUT2D eigenvalue weighted by molar-refractivity contribution is 5.08. The maximum Gasteiger partial charge on any atom is 0.122 e. The topological polar surface area (TPSA) is 45.6 Å². The van der Waals surface area contributed by atoms with Crippen LogP contribution in [-0.2, 0) is 0 Å². The normalized spacial score (nSPS) is 17.1. The molecule has 3 atom stereocenters. The third kappa shape index (κ3) is 3.83. The summed E-state index contributed by atoms with van der Waals surface area (Å²) in [7, 11) is 4.19. The van der Waals surface area contributed by atoms with Crippen molar-refractivity contribution in [1.29, 1.82) is 0 Å². The third-order valence-electron chi connectivity index (χ3n) is 3.25. The summed E-state index contributed by atoms with van der Waals surface area (Å²) in [6.45, 7) is 8.42. The van der Waals surface area contributed by atoms with E-state index in [1.165, 1.54) is 0 Å². The van der Waals surface area contributed by atoms with Gasteiger partial charge in [-0.3, -0.25) is 4.90 Å². The van der Waals surface area contributed by atoms with Gasteiger partial charge in [-0.25, -0.2) is 0 Å². The van der Waals surface area contributed by atoms with Crippen LogP contribution in [0.4, 0.5) is 0 Å². The molecule has 1 aromatic rings. The molecule has 0 aliphatic carbocycles. The SMILES string of the molecule is CCN(C(C)CN(C)C)C(c1ccco1)C(C)N. The van der Waals surface area contributed by atoms with Crippen molar-refractivity contribution in [2.75, 3.05) is 27.2 Å². The molecular formula is C14H27N3O. The highest BCUT2D eigenvalue weighted by Crippen LogP contribution is 2.26. The Bertz CT molecular complexity index is 322. The number of hydrogen-bond acceptors (Lipinski definition) is 4. The minimum atomic E-state index is 0.0423. The summed E-state index contributed by atoms with van der Waals surface area (Å²) < 4.78 is 5.56. The van der Waals surface area contributed by atoms with Gasteiger partial charge in [0.1, 0.15) is 5.76 Å². The smallest absolute Gasteiger partial charge is 0.122 e. The molecule has 1 rings (SSSR count). The van der Waals surface area contributed by atoms with Crippen molar-refractivity contribution in [1.82, 2.24) is 9.80 Å². The van der Waals surface area contributed by atoms with E-state index in [4.69, 9.17) is 10.2 Å². The van der Waals surface area contributed by atoms with Crippen LogP contribution in [0.3, 0.4) is 0 Å². The lowest BCUT2D eigenvalue weighted by Gasteiger charge is -2.37. The van der Waals surface area contributed by atoms with Crippen molar-refractivity contribution < 1.29 is 4.42 Å². The minimum absolute atomic E-state index is 0.0423. The van der Waals surface area contributed by atoms with E-state index in [9.17, 15) is 0 Å². The van der Waals surface area contributed by atoms with Crippen LogP contribution in [-0.4, -0.2) is 49.1 Å². The fraction of sp³-hybridized carbons (Fsp3) is 0.714. The van der Waals surface area contributed by atoms with Gasteiger partial charge in [-0.05, 0) is 46.6 Å². The molecule has 0 saturated heterocycles. The summed E-state index contributed by atoms with van der Waals surface area (Å²) in [6, 6.07) is 4.56. The van der Waals surface area contributed by atoms with E-state index in [2.05, 4.69) is 37.7 Å². The monoisotopic (exact) mass is 253 g/mol. The van der Waals surface area contributed by atoms with Crippen LogP contribution in [0.15, 0.2) is 22.8 Å². The molecule has 4 nitrogen and oxygen atoms in total. The van der Waals surface area contributed by atoms with E-state index >= 15 is 0 Å². The van der Waals surface area contributed by atoms with Crippen molar-refractivity contribution in [3.8, 4) is 0 Å². The second kappa shape index (κ2) is 6.92. The summed E-state index contributed by atoms with van der Waals surface area (Å²) in [5.74, 6) is 0.956. The van der Waals surface area contributed by atoms with E-state index in [-0.39, 0.29) is 12.1 Å². The first-order valence-electron chi connectivity index (χ1n) is 6.66. The zero-order valence-electron chi connectivity index (χ0n) is 12.3. The highest BCUT2D eigenvalue weighted by atomic mass is 16.3. The number of furan rings is 1. The van der Waals surface area contributed by atoms with Crippen LogP contribution in [0.1, 0.15) is 32.6 Å². The fourth-order valence-electron chi connectivity index (χ4n) is 2.60. The van der Waals surface area contributed by atoms with Crippen molar-refractivity contribution in [2.24, 2.45) is 5.73 Å². The van der Waals surface area contributed by atoms with E-state index < -0.39 is 0 Å². The molecule has 0 aliphatic rings. The molecule has 0 spiro atoms. The molecule has 0 saturated carbocycles. The molecule has 0 aliphatic heterocycles. The van der Waals surface area contributed by atoms with E-state index in [1.54, 1.807) is 6.26 Å². The Morgan fingerprint density at radius 3 is 2.39 bits per heavy atom. The number of hydrogen-bond donors (Lipinski definition) is 1.